The highest BCUT2D eigenvalue weighted by molar-refractivity contribution is 7.90. The number of nitrogens with one attached hydrogen (secondary N) is 1. The molecule has 1 heterocycles. The minimum atomic E-state index is -4.15. The average molecular weight is 504 g/mol. The highest BCUT2D eigenvalue weighted by Crippen LogP contribution is 2.30. The smallest absolute Gasteiger partial charge is 0.269 e. The van der Waals surface area contributed by atoms with E-state index in [2.05, 4.69) is 5.32 Å². The molecule has 1 aliphatic heterocycles. The van der Waals surface area contributed by atoms with Gasteiger partial charge in [-0.3, -0.25) is 14.4 Å². The fourth-order valence-corrected chi connectivity index (χ4v) is 6.14. The lowest BCUT2D eigenvalue weighted by Gasteiger charge is -2.31. The zero-order valence-corrected chi connectivity index (χ0v) is 20.3. The lowest BCUT2D eigenvalue weighted by Crippen LogP contribution is -2.52. The zero-order valence-electron chi connectivity index (χ0n) is 18.7. The standard InChI is InChI=1S/C24H26ClN3O5S/c1-16(23(30)26-19-9-2-3-10-19)27(14-17-7-6-8-18(25)13-17)22(29)15-28-24(31)20-11-4-5-12-21(20)34(28,32)33/h4-8,11-13,16,19H,2-3,9-10,14-15H2,1H3,(H,26,30)/t16-/m1/s1. The summed E-state index contributed by atoms with van der Waals surface area (Å²) < 4.78 is 26.4. The maximum absolute atomic E-state index is 13.4. The van der Waals surface area contributed by atoms with Gasteiger partial charge < -0.3 is 10.2 Å². The average Bonchev–Trinajstić information content (AvgIpc) is 3.38. The largest absolute Gasteiger partial charge is 0.352 e. The second-order valence-electron chi connectivity index (χ2n) is 8.63. The number of halogens is 1. The van der Waals surface area contributed by atoms with E-state index in [1.54, 1.807) is 37.3 Å². The molecular formula is C24H26ClN3O5S. The first-order chi connectivity index (χ1) is 16.2. The van der Waals surface area contributed by atoms with E-state index in [1.807, 2.05) is 0 Å². The minimum absolute atomic E-state index is 0.0312. The summed E-state index contributed by atoms with van der Waals surface area (Å²) in [6, 6.07) is 11.9. The third-order valence-electron chi connectivity index (χ3n) is 6.30. The molecule has 0 saturated heterocycles. The van der Waals surface area contributed by atoms with Crippen LogP contribution in [0.1, 0.15) is 48.5 Å². The Kier molecular flexibility index (Phi) is 6.95. The predicted molar refractivity (Wildman–Crippen MR) is 127 cm³/mol. The highest BCUT2D eigenvalue weighted by atomic mass is 35.5. The van der Waals surface area contributed by atoms with Crippen LogP contribution in [0.25, 0.3) is 0 Å². The molecule has 8 nitrogen and oxygen atoms in total. The van der Waals surface area contributed by atoms with Gasteiger partial charge in [0.2, 0.25) is 11.8 Å². The summed E-state index contributed by atoms with van der Waals surface area (Å²) in [5.41, 5.74) is 0.712. The van der Waals surface area contributed by atoms with Crippen LogP contribution in [-0.2, 0) is 26.2 Å². The van der Waals surface area contributed by atoms with Gasteiger partial charge in [-0.2, -0.15) is 0 Å². The van der Waals surface area contributed by atoms with Crippen LogP contribution in [0.5, 0.6) is 0 Å². The molecule has 2 aromatic carbocycles. The van der Waals surface area contributed by atoms with Crippen LogP contribution in [0.15, 0.2) is 53.4 Å². The summed E-state index contributed by atoms with van der Waals surface area (Å²) >= 11 is 6.09. The van der Waals surface area contributed by atoms with E-state index in [4.69, 9.17) is 11.6 Å². The van der Waals surface area contributed by atoms with Crippen molar-refractivity contribution < 1.29 is 22.8 Å². The summed E-state index contributed by atoms with van der Waals surface area (Å²) in [6.07, 6.45) is 3.86. The first-order valence-electron chi connectivity index (χ1n) is 11.2. The molecule has 0 radical (unpaired) electrons. The Balaban J connectivity index is 1.58. The van der Waals surface area contributed by atoms with Gasteiger partial charge in [0.25, 0.3) is 15.9 Å². The van der Waals surface area contributed by atoms with Crippen molar-refractivity contribution in [2.75, 3.05) is 6.54 Å². The number of amides is 3. The summed E-state index contributed by atoms with van der Waals surface area (Å²) in [7, 11) is -4.15. The topological polar surface area (TPSA) is 104 Å². The van der Waals surface area contributed by atoms with Crippen molar-refractivity contribution in [3.8, 4) is 0 Å². The van der Waals surface area contributed by atoms with Crippen molar-refractivity contribution in [1.82, 2.24) is 14.5 Å². The number of carbonyl (C=O) groups excluding carboxylic acids is 3. The first kappa shape index (κ1) is 24.2. The molecule has 10 heteroatoms. The quantitative estimate of drug-likeness (QED) is 0.625. The maximum Gasteiger partial charge on any atom is 0.269 e. The van der Waals surface area contributed by atoms with Crippen LogP contribution in [0.4, 0.5) is 0 Å². The maximum atomic E-state index is 13.4. The van der Waals surface area contributed by atoms with E-state index in [1.165, 1.54) is 23.1 Å². The number of benzene rings is 2. The van der Waals surface area contributed by atoms with Gasteiger partial charge in [-0.15, -0.1) is 0 Å². The number of carbonyl (C=O) groups is 3. The number of hydrogen-bond acceptors (Lipinski definition) is 5. The molecule has 34 heavy (non-hydrogen) atoms. The Morgan fingerprint density at radius 1 is 1.15 bits per heavy atom. The summed E-state index contributed by atoms with van der Waals surface area (Å²) in [6.45, 7) is 0.937. The van der Waals surface area contributed by atoms with Gasteiger partial charge in [0, 0.05) is 17.6 Å². The molecule has 2 aromatic rings. The van der Waals surface area contributed by atoms with E-state index >= 15 is 0 Å². The fourth-order valence-electron chi connectivity index (χ4n) is 4.41. The molecule has 0 unspecified atom stereocenters. The van der Waals surface area contributed by atoms with Crippen LogP contribution < -0.4 is 5.32 Å². The van der Waals surface area contributed by atoms with E-state index in [0.717, 1.165) is 25.7 Å². The summed E-state index contributed by atoms with van der Waals surface area (Å²) in [4.78, 5) is 40.3. The molecule has 0 spiro atoms. The van der Waals surface area contributed by atoms with Crippen LogP contribution >= 0.6 is 11.6 Å². The molecule has 0 aromatic heterocycles. The van der Waals surface area contributed by atoms with E-state index < -0.39 is 34.4 Å². The lowest BCUT2D eigenvalue weighted by molar-refractivity contribution is -0.140. The normalized spacial score (nSPS) is 17.9. The summed E-state index contributed by atoms with van der Waals surface area (Å²) in [5.74, 6) is -1.73. The van der Waals surface area contributed by atoms with Gasteiger partial charge in [0.1, 0.15) is 17.5 Å². The first-order valence-corrected chi connectivity index (χ1v) is 13.0. The van der Waals surface area contributed by atoms with Crippen molar-refractivity contribution >= 4 is 39.3 Å². The molecule has 180 valence electrons. The van der Waals surface area contributed by atoms with Gasteiger partial charge in [-0.25, -0.2) is 12.7 Å². The molecular weight excluding hydrogens is 478 g/mol. The van der Waals surface area contributed by atoms with Gasteiger partial charge in [0.05, 0.1) is 5.56 Å². The molecule has 1 fully saturated rings. The van der Waals surface area contributed by atoms with E-state index in [0.29, 0.717) is 14.9 Å². The zero-order chi connectivity index (χ0) is 24.5. The molecule has 0 bridgehead atoms. The number of hydrogen-bond donors (Lipinski definition) is 1. The second kappa shape index (κ2) is 9.76. The van der Waals surface area contributed by atoms with Crippen molar-refractivity contribution in [2.45, 2.75) is 56.1 Å². The van der Waals surface area contributed by atoms with Crippen molar-refractivity contribution in [3.05, 3.63) is 64.7 Å². The van der Waals surface area contributed by atoms with Gasteiger partial charge in [0.15, 0.2) is 0 Å². The molecule has 1 N–H and O–H groups in total. The van der Waals surface area contributed by atoms with Crippen LogP contribution in [0.3, 0.4) is 0 Å². The van der Waals surface area contributed by atoms with Crippen LogP contribution in [0, 0.1) is 0 Å². The van der Waals surface area contributed by atoms with E-state index in [-0.39, 0.29) is 29.0 Å². The number of nitrogens with zero attached hydrogens (tertiary/aromatic N) is 2. The van der Waals surface area contributed by atoms with Crippen molar-refractivity contribution in [2.24, 2.45) is 0 Å². The Morgan fingerprint density at radius 3 is 2.53 bits per heavy atom. The van der Waals surface area contributed by atoms with E-state index in [9.17, 15) is 22.8 Å². The highest BCUT2D eigenvalue weighted by Gasteiger charge is 2.43. The summed E-state index contributed by atoms with van der Waals surface area (Å²) in [5, 5.41) is 3.46. The lowest BCUT2D eigenvalue weighted by atomic mass is 10.1. The molecule has 4 rings (SSSR count). The van der Waals surface area contributed by atoms with Gasteiger partial charge in [-0.1, -0.05) is 48.7 Å². The Labute approximate surface area is 203 Å². The molecule has 1 atom stereocenters. The van der Waals surface area contributed by atoms with Crippen molar-refractivity contribution in [1.29, 1.82) is 0 Å². The fraction of sp³-hybridized carbons (Fsp3) is 0.375. The van der Waals surface area contributed by atoms with Crippen LogP contribution in [-0.4, -0.2) is 54.0 Å². The number of sulfonamides is 1. The van der Waals surface area contributed by atoms with Gasteiger partial charge >= 0.3 is 0 Å². The third kappa shape index (κ3) is 4.81. The Morgan fingerprint density at radius 2 is 1.85 bits per heavy atom. The third-order valence-corrected chi connectivity index (χ3v) is 8.32. The molecule has 3 amide bonds. The van der Waals surface area contributed by atoms with Crippen LogP contribution in [0.2, 0.25) is 5.02 Å². The predicted octanol–water partition coefficient (Wildman–Crippen LogP) is 2.96. The minimum Gasteiger partial charge on any atom is -0.352 e. The van der Waals surface area contributed by atoms with Gasteiger partial charge in [-0.05, 0) is 49.6 Å². The van der Waals surface area contributed by atoms with Crippen molar-refractivity contribution in [3.63, 3.8) is 0 Å². The Bertz CT molecular complexity index is 1230. The monoisotopic (exact) mass is 503 g/mol. The molecule has 1 saturated carbocycles. The SMILES string of the molecule is C[C@H](C(=O)NC1CCCC1)N(Cc1cccc(Cl)c1)C(=O)CN1C(=O)c2ccccc2S1(=O)=O. The second-order valence-corrected chi connectivity index (χ2v) is 10.9. The number of rotatable bonds is 7. The number of fused-ring (bicyclic) bond motifs is 1. The molecule has 2 aliphatic rings. The molecule has 1 aliphatic carbocycles. The Hall–Kier alpha value is -2.91.